The van der Waals surface area contributed by atoms with Gasteiger partial charge in [0.05, 0.1) is 25.5 Å². The Morgan fingerprint density at radius 2 is 0.875 bits per heavy atom. The molecule has 0 spiro atoms. The molecule has 15 nitrogen and oxygen atoms in total. The zero-order valence-electron chi connectivity index (χ0n) is 59.1. The fourth-order valence-electron chi connectivity index (χ4n) is 14.7. The molecule has 2 aliphatic rings. The van der Waals surface area contributed by atoms with Crippen molar-refractivity contribution in [2.75, 3.05) is 38.2 Å². The van der Waals surface area contributed by atoms with Crippen LogP contribution in [0.5, 0.6) is 0 Å². The molecular formula is C73H137N7O8. The van der Waals surface area contributed by atoms with E-state index in [2.05, 4.69) is 113 Å². The van der Waals surface area contributed by atoms with Gasteiger partial charge in [-0.3, -0.25) is 15.1 Å². The van der Waals surface area contributed by atoms with Crippen LogP contribution in [0.15, 0.2) is 4.79 Å². The van der Waals surface area contributed by atoms with Crippen LogP contribution in [0, 0.1) is 40.4 Å². The highest BCUT2D eigenvalue weighted by Crippen LogP contribution is 2.47. The number of aryl methyl sites for hydroxylation is 1. The number of H-pyrrole nitrogens is 1. The average molecular weight is 1240 g/mol. The number of carbonyl (C=O) groups excluding carboxylic acids is 4. The van der Waals surface area contributed by atoms with Crippen molar-refractivity contribution in [3.05, 3.63) is 21.6 Å². The van der Waals surface area contributed by atoms with Crippen LogP contribution in [0.25, 0.3) is 0 Å². The number of nitrogens with one attached hydrogen (secondary N) is 6. The second-order valence-corrected chi connectivity index (χ2v) is 29.9. The minimum atomic E-state index is -0.543. The van der Waals surface area contributed by atoms with E-state index in [1.165, 1.54) is 199 Å². The van der Waals surface area contributed by atoms with Crippen LogP contribution in [-0.2, 0) is 20.6 Å². The van der Waals surface area contributed by atoms with Crippen molar-refractivity contribution in [2.45, 2.75) is 353 Å². The molecule has 0 radical (unpaired) electrons. The van der Waals surface area contributed by atoms with Gasteiger partial charge >= 0.3 is 24.3 Å². The number of aromatic amines is 1. The van der Waals surface area contributed by atoms with Gasteiger partial charge in [0.1, 0.15) is 0 Å². The number of hydrogen-bond acceptors (Lipinski definition) is 9. The predicted octanol–water partition coefficient (Wildman–Crippen LogP) is 19.9. The Balaban J connectivity index is 0.000000667. The molecule has 4 atom stereocenters. The highest BCUT2D eigenvalue weighted by atomic mass is 16.6. The van der Waals surface area contributed by atoms with Crippen molar-refractivity contribution >= 4 is 30.3 Å². The summed E-state index contributed by atoms with van der Waals surface area (Å²) >= 11 is 0. The Kier molecular flexibility index (Phi) is 41.9. The lowest BCUT2D eigenvalue weighted by Gasteiger charge is -2.46. The lowest BCUT2D eigenvalue weighted by molar-refractivity contribution is 0.0634. The van der Waals surface area contributed by atoms with E-state index in [1.54, 1.807) is 13.8 Å². The molecule has 88 heavy (non-hydrogen) atoms. The first kappa shape index (κ1) is 80.1. The molecule has 1 heterocycles. The standard InChI is InChI=1S/C42H76N6O6.C31H61NO2/c1-8-11-13-15-17-18-20-22-24-33(23-21-19-16-14-12-9-2)29-54-40(52)46-34-27-41(5,6)30-42(7,28-34)31-44-38(50)48-37-45-32(4)35(36(49)47-37)25-26-53-39(51)43-10-3;1-7-9-11-13-15-16-18-20-22-27(21-19-17-14-12-10-8-2)25-34-29(33)32-28-23-30(3,4)26-31(5,6)24-28/h33-34H,8-31H2,1-7H3,(H,43,51)(H,46,52)(H3,44,45,47,48,49,50);27-28H,7-26H2,1-6H3,(H,32,33). The first-order valence-electron chi connectivity index (χ1n) is 36.4. The maximum Gasteiger partial charge on any atom is 0.407 e. The Morgan fingerprint density at radius 1 is 0.500 bits per heavy atom. The fraction of sp³-hybridized carbons (Fsp3) is 0.890. The summed E-state index contributed by atoms with van der Waals surface area (Å²) in [5.74, 6) is 0.961. The molecule has 0 aromatic carbocycles. The molecular weight excluding hydrogens is 1100 g/mol. The number of ether oxygens (including phenoxy) is 3. The quantitative estimate of drug-likeness (QED) is 0.0271. The Hall–Kier alpha value is -4.04. The van der Waals surface area contributed by atoms with E-state index < -0.39 is 17.7 Å². The zero-order valence-corrected chi connectivity index (χ0v) is 59.1. The topological polar surface area (TPSA) is 202 Å². The van der Waals surface area contributed by atoms with Crippen LogP contribution in [-0.4, -0.2) is 79.3 Å². The van der Waals surface area contributed by atoms with Crippen LogP contribution >= 0.6 is 0 Å². The van der Waals surface area contributed by atoms with Gasteiger partial charge in [0.2, 0.25) is 5.95 Å². The van der Waals surface area contributed by atoms with E-state index in [0.717, 1.165) is 38.5 Å². The molecule has 5 amide bonds. The number of aromatic nitrogens is 2. The minimum Gasteiger partial charge on any atom is -0.449 e. The van der Waals surface area contributed by atoms with Gasteiger partial charge < -0.3 is 35.5 Å². The second kappa shape index (κ2) is 46.1. The highest BCUT2D eigenvalue weighted by Gasteiger charge is 2.42. The number of unbranched alkanes of at least 4 members (excludes halogenated alkanes) is 24. The van der Waals surface area contributed by atoms with Crippen LogP contribution in [0.1, 0.15) is 338 Å². The first-order valence-corrected chi connectivity index (χ1v) is 36.4. The maximum absolute atomic E-state index is 13.2. The van der Waals surface area contributed by atoms with E-state index in [9.17, 15) is 24.0 Å². The van der Waals surface area contributed by atoms with Gasteiger partial charge in [-0.1, -0.05) is 256 Å². The zero-order chi connectivity index (χ0) is 65.1. The fourth-order valence-corrected chi connectivity index (χ4v) is 14.7. The second-order valence-electron chi connectivity index (χ2n) is 29.9. The van der Waals surface area contributed by atoms with Crippen molar-refractivity contribution in [3.8, 4) is 0 Å². The number of nitrogens with zero attached hydrogens (tertiary/aromatic N) is 1. The van der Waals surface area contributed by atoms with E-state index in [0.29, 0.717) is 55.8 Å². The molecule has 6 N–H and O–H groups in total. The first-order chi connectivity index (χ1) is 42.0. The summed E-state index contributed by atoms with van der Waals surface area (Å²) in [6.45, 7) is 30.3. The molecule has 4 unspecified atom stereocenters. The monoisotopic (exact) mass is 1240 g/mol. The Bertz CT molecular complexity index is 2060. The number of urea groups is 1. The third-order valence-corrected chi connectivity index (χ3v) is 18.4. The van der Waals surface area contributed by atoms with Crippen molar-refractivity contribution < 1.29 is 33.4 Å². The summed E-state index contributed by atoms with van der Waals surface area (Å²) in [6, 6.07) is -0.326. The van der Waals surface area contributed by atoms with Crippen molar-refractivity contribution in [1.82, 2.24) is 31.2 Å². The number of amides is 5. The number of rotatable bonds is 45. The predicted molar refractivity (Wildman–Crippen MR) is 366 cm³/mol. The van der Waals surface area contributed by atoms with Crippen molar-refractivity contribution in [1.29, 1.82) is 0 Å². The largest absolute Gasteiger partial charge is 0.449 e. The third kappa shape index (κ3) is 39.3. The van der Waals surface area contributed by atoms with Crippen LogP contribution < -0.4 is 32.1 Å². The van der Waals surface area contributed by atoms with Gasteiger partial charge in [-0.05, 0) is 112 Å². The molecule has 2 fully saturated rings. The Morgan fingerprint density at radius 3 is 1.26 bits per heavy atom. The molecule has 15 heteroatoms. The van der Waals surface area contributed by atoms with Crippen LogP contribution in [0.2, 0.25) is 0 Å². The van der Waals surface area contributed by atoms with Crippen LogP contribution in [0.3, 0.4) is 0 Å². The number of carbonyl (C=O) groups is 4. The molecule has 0 saturated heterocycles. The summed E-state index contributed by atoms with van der Waals surface area (Å²) in [5, 5.41) is 14.5. The van der Waals surface area contributed by atoms with E-state index >= 15 is 0 Å². The number of hydrogen-bond donors (Lipinski definition) is 6. The summed E-state index contributed by atoms with van der Waals surface area (Å²) in [6.07, 6.45) is 46.3. The summed E-state index contributed by atoms with van der Waals surface area (Å²) in [4.78, 5) is 70.0. The summed E-state index contributed by atoms with van der Waals surface area (Å²) in [5.41, 5.74) is 0.640. The van der Waals surface area contributed by atoms with Gasteiger partial charge in [0.15, 0.2) is 0 Å². The van der Waals surface area contributed by atoms with Gasteiger partial charge in [0.25, 0.3) is 5.56 Å². The molecule has 2 aliphatic carbocycles. The lowest BCUT2D eigenvalue weighted by atomic mass is 9.62. The minimum absolute atomic E-state index is 0.0341. The van der Waals surface area contributed by atoms with E-state index in [1.807, 2.05) is 0 Å². The maximum atomic E-state index is 13.2. The lowest BCUT2D eigenvalue weighted by Crippen LogP contribution is -2.51. The average Bonchev–Trinajstić information content (AvgIpc) is 2.19. The normalized spacial score (nSPS) is 18.4. The SMILES string of the molecule is CCCCCCCCCCC(CCCCCCCC)COC(=O)NC1CC(C)(C)CC(C)(C)C1.CCCCCCCCCCC(CCCCCCCC)COC(=O)NC1CC(C)(C)CC(C)(CNC(=O)Nc2nc(C)c(CCOC(=O)NCC)c(=O)[nH]2)C1. The van der Waals surface area contributed by atoms with E-state index in [-0.39, 0.29) is 64.9 Å². The molecule has 3 rings (SSSR count). The molecule has 2 saturated carbocycles. The molecule has 0 bridgehead atoms. The summed E-state index contributed by atoms with van der Waals surface area (Å²) < 4.78 is 16.8. The molecule has 1 aromatic rings. The molecule has 1 aromatic heterocycles. The number of anilines is 1. The van der Waals surface area contributed by atoms with Gasteiger partial charge in [-0.25, -0.2) is 24.2 Å². The van der Waals surface area contributed by atoms with Crippen LogP contribution in [0.4, 0.5) is 25.1 Å². The van der Waals surface area contributed by atoms with Gasteiger partial charge in [0, 0.05) is 37.2 Å². The van der Waals surface area contributed by atoms with Gasteiger partial charge in [-0.2, -0.15) is 0 Å². The van der Waals surface area contributed by atoms with Crippen molar-refractivity contribution in [2.24, 2.45) is 33.5 Å². The molecule has 0 aliphatic heterocycles. The molecule has 512 valence electrons. The highest BCUT2D eigenvalue weighted by molar-refractivity contribution is 5.87. The van der Waals surface area contributed by atoms with Gasteiger partial charge in [-0.15, -0.1) is 0 Å². The van der Waals surface area contributed by atoms with Crippen molar-refractivity contribution in [3.63, 3.8) is 0 Å². The summed E-state index contributed by atoms with van der Waals surface area (Å²) in [7, 11) is 0. The number of alkyl carbamates (subject to hydrolysis) is 3. The Labute approximate surface area is 538 Å². The smallest absolute Gasteiger partial charge is 0.407 e. The third-order valence-electron chi connectivity index (χ3n) is 18.4. The van der Waals surface area contributed by atoms with E-state index in [4.69, 9.17) is 14.2 Å².